The lowest BCUT2D eigenvalue weighted by molar-refractivity contribution is -0.380. The second kappa shape index (κ2) is 10.7. The van der Waals surface area contributed by atoms with E-state index in [0.717, 1.165) is 0 Å². The van der Waals surface area contributed by atoms with Gasteiger partial charge in [0.15, 0.2) is 19.7 Å². The summed E-state index contributed by atoms with van der Waals surface area (Å²) in [6.45, 7) is 24.4. The highest BCUT2D eigenvalue weighted by Crippen LogP contribution is 2.89. The topological polar surface area (TPSA) is 124 Å². The summed E-state index contributed by atoms with van der Waals surface area (Å²) in [7, 11) is -2.59. The SMILES string of the molecule is CC(=O)O[C@@H]1[C@H]2[C@@H](C)C(=O)[C@H]3O[C@@]14[C@]1(C)[C@@H](O[Si](C)(C)C(C)(C)C(C)C)C[C@H]5OC[C@@]5(OC(C)=O)[C@H]1[C@H](OC(=O)c1ccccc1)[C@]34C2(C)C. The highest BCUT2D eigenvalue weighted by atomic mass is 28.4. The molecule has 6 fully saturated rings. The Morgan fingerprint density at radius 3 is 2.16 bits per heavy atom. The summed E-state index contributed by atoms with van der Waals surface area (Å²) >= 11 is 0. The van der Waals surface area contributed by atoms with Crippen LogP contribution in [0.4, 0.5) is 0 Å². The highest BCUT2D eigenvalue weighted by Gasteiger charge is 3.02. The van der Waals surface area contributed by atoms with Gasteiger partial charge in [-0.05, 0) is 41.6 Å². The maximum absolute atomic E-state index is 14.5. The number of hydrogen-bond donors (Lipinski definition) is 0. The number of carbonyl (C=O) groups is 4. The minimum Gasteiger partial charge on any atom is -0.459 e. The molecule has 0 radical (unpaired) electrons. The number of rotatable bonds is 8. The van der Waals surface area contributed by atoms with Crippen LogP contribution in [0.15, 0.2) is 30.3 Å². The molecule has 2 saturated heterocycles. The molecule has 0 unspecified atom stereocenters. The average molecular weight is 711 g/mol. The van der Waals surface area contributed by atoms with Gasteiger partial charge in [-0.2, -0.15) is 0 Å². The van der Waals surface area contributed by atoms with E-state index in [0.29, 0.717) is 17.9 Å². The highest BCUT2D eigenvalue weighted by molar-refractivity contribution is 6.74. The Morgan fingerprint density at radius 2 is 1.62 bits per heavy atom. The van der Waals surface area contributed by atoms with Gasteiger partial charge in [-0.15, -0.1) is 0 Å². The van der Waals surface area contributed by atoms with Gasteiger partial charge in [0.05, 0.1) is 29.6 Å². The van der Waals surface area contributed by atoms with E-state index in [1.54, 1.807) is 24.3 Å². The van der Waals surface area contributed by atoms with Crippen molar-refractivity contribution in [3.8, 4) is 0 Å². The molecule has 2 aliphatic heterocycles. The molecule has 2 heterocycles. The molecule has 12 atom stereocenters. The van der Waals surface area contributed by atoms with Gasteiger partial charge in [-0.3, -0.25) is 14.4 Å². The third kappa shape index (κ3) is 3.85. The summed E-state index contributed by atoms with van der Waals surface area (Å²) in [4.78, 5) is 55.0. The first-order valence-electron chi connectivity index (χ1n) is 18.2. The van der Waals surface area contributed by atoms with Crippen LogP contribution in [0.5, 0.6) is 0 Å². The third-order valence-corrected chi connectivity index (χ3v) is 19.9. The minimum absolute atomic E-state index is 0.0885. The van der Waals surface area contributed by atoms with Crippen LogP contribution in [0.2, 0.25) is 18.1 Å². The first-order valence-corrected chi connectivity index (χ1v) is 21.2. The van der Waals surface area contributed by atoms with E-state index in [4.69, 9.17) is 28.1 Å². The van der Waals surface area contributed by atoms with E-state index in [9.17, 15) is 19.2 Å². The number of ketones is 1. The number of esters is 3. The Morgan fingerprint density at radius 1 is 0.980 bits per heavy atom. The summed E-state index contributed by atoms with van der Waals surface area (Å²) in [5.41, 5.74) is -5.12. The van der Waals surface area contributed by atoms with Crippen molar-refractivity contribution in [2.24, 2.45) is 39.9 Å². The van der Waals surface area contributed by atoms with Crippen molar-refractivity contribution >= 4 is 32.0 Å². The van der Waals surface area contributed by atoms with Gasteiger partial charge >= 0.3 is 17.9 Å². The molecule has 1 aromatic rings. The summed E-state index contributed by atoms with van der Waals surface area (Å²) in [5.74, 6) is -2.95. The van der Waals surface area contributed by atoms with Crippen molar-refractivity contribution in [3.05, 3.63) is 35.9 Å². The van der Waals surface area contributed by atoms with Crippen molar-refractivity contribution < 1.29 is 47.3 Å². The van der Waals surface area contributed by atoms with Gasteiger partial charge < -0.3 is 28.1 Å². The average Bonchev–Trinajstić information content (AvgIpc) is 3.11. The van der Waals surface area contributed by atoms with Crippen molar-refractivity contribution in [2.45, 2.75) is 136 Å². The second-order valence-corrected chi connectivity index (χ2v) is 22.6. The maximum Gasteiger partial charge on any atom is 0.338 e. The molecule has 4 saturated carbocycles. The van der Waals surface area contributed by atoms with Crippen molar-refractivity contribution in [3.63, 3.8) is 0 Å². The van der Waals surface area contributed by atoms with Gasteiger partial charge in [0, 0.05) is 37.5 Å². The van der Waals surface area contributed by atoms with E-state index in [2.05, 4.69) is 61.6 Å². The minimum atomic E-state index is -2.59. The fourth-order valence-electron chi connectivity index (χ4n) is 12.2. The molecule has 1 spiro atoms. The van der Waals surface area contributed by atoms with E-state index in [-0.39, 0.29) is 17.4 Å². The van der Waals surface area contributed by atoms with E-state index in [1.165, 1.54) is 13.8 Å². The molecule has 11 heteroatoms. The fraction of sp³-hybridized carbons (Fsp3) is 0.744. The summed E-state index contributed by atoms with van der Waals surface area (Å²) in [6, 6.07) is 8.78. The predicted octanol–water partition coefficient (Wildman–Crippen LogP) is 5.91. The molecule has 0 N–H and O–H groups in total. The molecule has 1 aromatic carbocycles. The number of Topliss-reactive ketones (excluding diaryl/α,β-unsaturated/α-hetero) is 1. The van der Waals surface area contributed by atoms with Crippen LogP contribution in [-0.2, 0) is 42.5 Å². The number of fused-ring (bicyclic) bond motifs is 4. The standard InChI is InChI=1S/C39H54O10Si/c1-20(2)35(8,9)50(11,12)49-25-18-26-37(19-44-26,47-23(5)41)29-32(46-33(43)24-16-14-13-15-17-24)38-31-28(42)21(3)27(34(38,6)7)30(45-22(4)40)39(38,48-31)36(25,29)10/h13-17,20-21,25-27,29-32H,18-19H2,1-12H3/t21-,25+,26-,27-,29+,30-,31-,32+,36-,37+,38+,39-/m1/s1. The molecule has 10 nitrogen and oxygen atoms in total. The van der Waals surface area contributed by atoms with E-state index >= 15 is 0 Å². The van der Waals surface area contributed by atoms with Crippen molar-refractivity contribution in [2.75, 3.05) is 6.61 Å². The molecule has 50 heavy (non-hydrogen) atoms. The van der Waals surface area contributed by atoms with Crippen LogP contribution in [0, 0.1) is 39.9 Å². The van der Waals surface area contributed by atoms with Gasteiger partial charge in [-0.25, -0.2) is 4.79 Å². The van der Waals surface area contributed by atoms with Crippen LogP contribution in [0.1, 0.15) is 86.0 Å². The predicted molar refractivity (Wildman–Crippen MR) is 184 cm³/mol. The van der Waals surface area contributed by atoms with Crippen LogP contribution in [0.25, 0.3) is 0 Å². The Kier molecular flexibility index (Phi) is 7.68. The van der Waals surface area contributed by atoms with Gasteiger partial charge in [0.2, 0.25) is 0 Å². The quantitative estimate of drug-likeness (QED) is 0.183. The van der Waals surface area contributed by atoms with E-state index in [1.807, 2.05) is 13.0 Å². The second-order valence-electron chi connectivity index (χ2n) is 18.1. The van der Waals surface area contributed by atoms with Crippen LogP contribution >= 0.6 is 0 Å². The molecule has 6 aliphatic rings. The molecular formula is C39H54O10Si. The van der Waals surface area contributed by atoms with Crippen molar-refractivity contribution in [1.82, 2.24) is 0 Å². The van der Waals surface area contributed by atoms with Crippen LogP contribution in [0.3, 0.4) is 0 Å². The number of hydrogen-bond acceptors (Lipinski definition) is 10. The Balaban J connectivity index is 1.53. The fourth-order valence-corrected chi connectivity index (χ4v) is 14.9. The molecular weight excluding hydrogens is 657 g/mol. The Labute approximate surface area is 296 Å². The number of ether oxygens (including phenoxy) is 5. The number of benzene rings is 1. The largest absolute Gasteiger partial charge is 0.459 e. The van der Waals surface area contributed by atoms with Crippen molar-refractivity contribution in [1.29, 1.82) is 0 Å². The normalized spacial score (nSPS) is 43.5. The molecule has 2 bridgehead atoms. The molecule has 0 aromatic heterocycles. The van der Waals surface area contributed by atoms with Gasteiger partial charge in [0.1, 0.15) is 30.0 Å². The lowest BCUT2D eigenvalue weighted by Gasteiger charge is -2.69. The zero-order valence-corrected chi connectivity index (χ0v) is 32.6. The molecule has 7 rings (SSSR count). The van der Waals surface area contributed by atoms with Crippen LogP contribution < -0.4 is 0 Å². The zero-order valence-electron chi connectivity index (χ0n) is 31.6. The monoisotopic (exact) mass is 710 g/mol. The summed E-state index contributed by atoms with van der Waals surface area (Å²) < 4.78 is 40.6. The molecule has 4 aliphatic carbocycles. The zero-order chi connectivity index (χ0) is 36.8. The Bertz CT molecular complexity index is 1640. The Hall–Kier alpha value is -2.60. The lowest BCUT2D eigenvalue weighted by atomic mass is 9.47. The third-order valence-electron chi connectivity index (χ3n) is 15.4. The number of carbonyl (C=O) groups excluding carboxylic acids is 4. The maximum atomic E-state index is 14.5. The van der Waals surface area contributed by atoms with Crippen LogP contribution in [-0.4, -0.2) is 80.3 Å². The summed E-state index contributed by atoms with van der Waals surface area (Å²) in [6.07, 6.45) is -3.48. The smallest absolute Gasteiger partial charge is 0.338 e. The molecule has 274 valence electrons. The van der Waals surface area contributed by atoms with Gasteiger partial charge in [-0.1, -0.05) is 73.6 Å². The first kappa shape index (κ1) is 35.8. The van der Waals surface area contributed by atoms with E-state index < -0.39 is 102 Å². The first-order chi connectivity index (χ1) is 23.1. The van der Waals surface area contributed by atoms with Gasteiger partial charge in [0.25, 0.3) is 0 Å². The lowest BCUT2D eigenvalue weighted by Crippen LogP contribution is -2.82. The summed E-state index contributed by atoms with van der Waals surface area (Å²) in [5, 5.41) is -0.162. The molecule has 0 amide bonds.